The van der Waals surface area contributed by atoms with Crippen LogP contribution in [-0.2, 0) is 9.59 Å². The van der Waals surface area contributed by atoms with Crippen LogP contribution in [0.2, 0.25) is 5.02 Å². The minimum atomic E-state index is -0.647. The number of carbonyl (C=O) groups excluding carboxylic acids is 3. The van der Waals surface area contributed by atoms with Crippen LogP contribution < -0.4 is 10.6 Å². The van der Waals surface area contributed by atoms with Crippen molar-refractivity contribution in [2.45, 2.75) is 58.0 Å². The maximum atomic E-state index is 13.0. The van der Waals surface area contributed by atoms with Crippen LogP contribution in [0.25, 0.3) is 0 Å². The SMILES string of the molecule is CC[C@H](C)NC(=O)[C@@H](NC(=O)c1ccccc1Cl)C1CCN(C(=O)C2CC2)CC1. The molecule has 0 spiro atoms. The first-order chi connectivity index (χ1) is 13.9. The van der Waals surface area contributed by atoms with Gasteiger partial charge in [0.2, 0.25) is 11.8 Å². The number of nitrogens with zero attached hydrogens (tertiary/aromatic N) is 1. The Balaban J connectivity index is 1.69. The van der Waals surface area contributed by atoms with Gasteiger partial charge < -0.3 is 15.5 Å². The molecular weight excluding hydrogens is 390 g/mol. The quantitative estimate of drug-likeness (QED) is 0.713. The first-order valence-corrected chi connectivity index (χ1v) is 10.9. The van der Waals surface area contributed by atoms with E-state index < -0.39 is 6.04 Å². The molecule has 3 amide bonds. The Hall–Kier alpha value is -2.08. The van der Waals surface area contributed by atoms with Crippen LogP contribution in [-0.4, -0.2) is 47.8 Å². The van der Waals surface area contributed by atoms with E-state index in [-0.39, 0.29) is 35.6 Å². The highest BCUT2D eigenvalue weighted by Gasteiger charge is 2.38. The van der Waals surface area contributed by atoms with E-state index in [1.165, 1.54) is 0 Å². The van der Waals surface area contributed by atoms with Crippen LogP contribution in [0, 0.1) is 11.8 Å². The zero-order valence-electron chi connectivity index (χ0n) is 17.1. The summed E-state index contributed by atoms with van der Waals surface area (Å²) in [5, 5.41) is 6.26. The Labute approximate surface area is 177 Å². The molecular formula is C22H30ClN3O3. The molecule has 2 atom stereocenters. The fraction of sp³-hybridized carbons (Fsp3) is 0.591. The molecule has 1 aliphatic heterocycles. The number of amides is 3. The Morgan fingerprint density at radius 3 is 2.34 bits per heavy atom. The van der Waals surface area contributed by atoms with Gasteiger partial charge in [0.05, 0.1) is 10.6 Å². The monoisotopic (exact) mass is 419 g/mol. The number of likely N-dealkylation sites (tertiary alicyclic amines) is 1. The summed E-state index contributed by atoms with van der Waals surface area (Å²) in [6, 6.07) is 6.20. The van der Waals surface area contributed by atoms with Gasteiger partial charge in [-0.3, -0.25) is 14.4 Å². The highest BCUT2D eigenvalue weighted by molar-refractivity contribution is 6.33. The van der Waals surface area contributed by atoms with Crippen molar-refractivity contribution in [2.75, 3.05) is 13.1 Å². The van der Waals surface area contributed by atoms with Crippen molar-refractivity contribution in [1.29, 1.82) is 0 Å². The van der Waals surface area contributed by atoms with Crippen molar-refractivity contribution in [3.8, 4) is 0 Å². The molecule has 0 bridgehead atoms. The fourth-order valence-electron chi connectivity index (χ4n) is 3.74. The summed E-state index contributed by atoms with van der Waals surface area (Å²) in [6.45, 7) is 5.22. The highest BCUT2D eigenvalue weighted by Crippen LogP contribution is 2.33. The lowest BCUT2D eigenvalue weighted by Crippen LogP contribution is -2.55. The second kappa shape index (κ2) is 9.61. The molecule has 1 saturated heterocycles. The number of halogens is 1. The van der Waals surface area contributed by atoms with Gasteiger partial charge in [0, 0.05) is 25.0 Å². The third-order valence-electron chi connectivity index (χ3n) is 5.94. The average Bonchev–Trinajstić information content (AvgIpc) is 3.57. The van der Waals surface area contributed by atoms with Crippen molar-refractivity contribution < 1.29 is 14.4 Å². The molecule has 1 saturated carbocycles. The van der Waals surface area contributed by atoms with Crippen molar-refractivity contribution >= 4 is 29.3 Å². The van der Waals surface area contributed by atoms with E-state index in [2.05, 4.69) is 10.6 Å². The van der Waals surface area contributed by atoms with Crippen LogP contribution in [0.15, 0.2) is 24.3 Å². The largest absolute Gasteiger partial charge is 0.352 e. The number of carbonyl (C=O) groups is 3. The number of benzene rings is 1. The zero-order chi connectivity index (χ0) is 21.0. The van der Waals surface area contributed by atoms with Crippen LogP contribution in [0.1, 0.15) is 56.3 Å². The van der Waals surface area contributed by atoms with Crippen molar-refractivity contribution in [2.24, 2.45) is 11.8 Å². The van der Waals surface area contributed by atoms with Gasteiger partial charge in [0.1, 0.15) is 6.04 Å². The van der Waals surface area contributed by atoms with Crippen molar-refractivity contribution in [1.82, 2.24) is 15.5 Å². The molecule has 3 rings (SSSR count). The third-order valence-corrected chi connectivity index (χ3v) is 6.27. The minimum absolute atomic E-state index is 0.0197. The van der Waals surface area contributed by atoms with Gasteiger partial charge in [-0.1, -0.05) is 30.7 Å². The van der Waals surface area contributed by atoms with E-state index in [9.17, 15) is 14.4 Å². The molecule has 0 unspecified atom stereocenters. The van der Waals surface area contributed by atoms with Gasteiger partial charge in [-0.15, -0.1) is 0 Å². The maximum absolute atomic E-state index is 13.0. The number of nitrogens with one attached hydrogen (secondary N) is 2. The number of hydrogen-bond donors (Lipinski definition) is 2. The molecule has 158 valence electrons. The molecule has 0 aromatic heterocycles. The summed E-state index contributed by atoms with van der Waals surface area (Å²) < 4.78 is 0. The summed E-state index contributed by atoms with van der Waals surface area (Å²) in [7, 11) is 0. The molecule has 6 nitrogen and oxygen atoms in total. The summed E-state index contributed by atoms with van der Waals surface area (Å²) >= 11 is 6.16. The topological polar surface area (TPSA) is 78.5 Å². The molecule has 2 N–H and O–H groups in total. The van der Waals surface area contributed by atoms with Crippen LogP contribution >= 0.6 is 11.6 Å². The van der Waals surface area contributed by atoms with Crippen LogP contribution in [0.3, 0.4) is 0 Å². The smallest absolute Gasteiger partial charge is 0.253 e. The van der Waals surface area contributed by atoms with Crippen molar-refractivity contribution in [3.05, 3.63) is 34.9 Å². The van der Waals surface area contributed by atoms with E-state index in [4.69, 9.17) is 11.6 Å². The predicted octanol–water partition coefficient (Wildman–Crippen LogP) is 3.00. The van der Waals surface area contributed by atoms with E-state index in [0.717, 1.165) is 19.3 Å². The maximum Gasteiger partial charge on any atom is 0.253 e. The second-order valence-corrected chi connectivity index (χ2v) is 8.59. The average molecular weight is 420 g/mol. The van der Waals surface area contributed by atoms with Gasteiger partial charge in [0.15, 0.2) is 0 Å². The summed E-state index contributed by atoms with van der Waals surface area (Å²) in [6.07, 6.45) is 4.18. The van der Waals surface area contributed by atoms with Gasteiger partial charge >= 0.3 is 0 Å². The molecule has 0 radical (unpaired) electrons. The first kappa shape index (κ1) is 21.6. The molecule has 2 aliphatic rings. The summed E-state index contributed by atoms with van der Waals surface area (Å²) in [5.74, 6) is -0.100. The lowest BCUT2D eigenvalue weighted by atomic mass is 9.88. The van der Waals surface area contributed by atoms with Gasteiger partial charge in [0.25, 0.3) is 5.91 Å². The second-order valence-electron chi connectivity index (χ2n) is 8.19. The summed E-state index contributed by atoms with van der Waals surface area (Å²) in [5.41, 5.74) is 0.358. The van der Waals surface area contributed by atoms with E-state index >= 15 is 0 Å². The van der Waals surface area contributed by atoms with E-state index in [1.807, 2.05) is 18.7 Å². The molecule has 2 fully saturated rings. The molecule has 29 heavy (non-hydrogen) atoms. The molecule has 7 heteroatoms. The molecule has 1 aliphatic carbocycles. The number of piperidine rings is 1. The van der Waals surface area contributed by atoms with Crippen LogP contribution in [0.4, 0.5) is 0 Å². The normalized spacial score (nSPS) is 19.3. The molecule has 1 aromatic carbocycles. The zero-order valence-corrected chi connectivity index (χ0v) is 17.9. The van der Waals surface area contributed by atoms with Crippen LogP contribution in [0.5, 0.6) is 0 Å². The molecule has 1 aromatic rings. The van der Waals surface area contributed by atoms with E-state index in [0.29, 0.717) is 36.5 Å². The highest BCUT2D eigenvalue weighted by atomic mass is 35.5. The Bertz CT molecular complexity index is 757. The van der Waals surface area contributed by atoms with Crippen molar-refractivity contribution in [3.63, 3.8) is 0 Å². The third kappa shape index (κ3) is 5.50. The summed E-state index contributed by atoms with van der Waals surface area (Å²) in [4.78, 5) is 40.0. The lowest BCUT2D eigenvalue weighted by Gasteiger charge is -2.36. The Morgan fingerprint density at radius 1 is 1.10 bits per heavy atom. The minimum Gasteiger partial charge on any atom is -0.352 e. The van der Waals surface area contributed by atoms with Gasteiger partial charge in [-0.2, -0.15) is 0 Å². The lowest BCUT2D eigenvalue weighted by molar-refractivity contribution is -0.134. The van der Waals surface area contributed by atoms with Gasteiger partial charge in [-0.05, 0) is 57.1 Å². The van der Waals surface area contributed by atoms with Gasteiger partial charge in [-0.25, -0.2) is 0 Å². The molecule has 1 heterocycles. The first-order valence-electron chi connectivity index (χ1n) is 10.5. The Kier molecular flexibility index (Phi) is 7.17. The predicted molar refractivity (Wildman–Crippen MR) is 113 cm³/mol. The Morgan fingerprint density at radius 2 is 1.76 bits per heavy atom. The number of rotatable bonds is 7. The number of hydrogen-bond acceptors (Lipinski definition) is 3. The standard InChI is InChI=1S/C22H30ClN3O3/c1-3-14(2)24-21(28)19(25-20(27)17-6-4-5-7-18(17)23)15-10-12-26(13-11-15)22(29)16-8-9-16/h4-7,14-16,19H,3,8-13H2,1-2H3,(H,24,28)(H,25,27)/t14-,19-/m0/s1. The van der Waals surface area contributed by atoms with E-state index in [1.54, 1.807) is 24.3 Å². The fourth-order valence-corrected chi connectivity index (χ4v) is 3.96.